The number of hydrogen-bond donors (Lipinski definition) is 3. The van der Waals surface area contributed by atoms with Crippen molar-refractivity contribution in [1.29, 1.82) is 0 Å². The molecule has 0 aromatic heterocycles. The Hall–Kier alpha value is -1.88. The Labute approximate surface area is 163 Å². The average molecular weight is 368 g/mol. The Morgan fingerprint density at radius 2 is 1.74 bits per heavy atom. The minimum Gasteiger partial charge on any atom is -0.387 e. The van der Waals surface area contributed by atoms with Crippen molar-refractivity contribution in [1.82, 2.24) is 4.90 Å². The maximum Gasteiger partial charge on any atom is 0.0942 e. The van der Waals surface area contributed by atoms with Crippen LogP contribution < -0.4 is 11.1 Å². The summed E-state index contributed by atoms with van der Waals surface area (Å²) in [6, 6.07) is 19.0. The summed E-state index contributed by atoms with van der Waals surface area (Å²) in [5.74, 6) is 0.751. The van der Waals surface area contributed by atoms with Crippen LogP contribution in [0.3, 0.4) is 0 Å². The van der Waals surface area contributed by atoms with Crippen molar-refractivity contribution in [3.63, 3.8) is 0 Å². The first-order valence-electron chi connectivity index (χ1n) is 10.2. The van der Waals surface area contributed by atoms with E-state index in [2.05, 4.69) is 47.5 Å². The van der Waals surface area contributed by atoms with Crippen molar-refractivity contribution in [2.75, 3.05) is 31.5 Å². The number of benzene rings is 2. The largest absolute Gasteiger partial charge is 0.387 e. The highest BCUT2D eigenvalue weighted by atomic mass is 16.3. The van der Waals surface area contributed by atoms with Crippen LogP contribution in [0, 0.1) is 5.92 Å². The Kier molecular flexibility index (Phi) is 7.27. The van der Waals surface area contributed by atoms with Crippen molar-refractivity contribution in [2.24, 2.45) is 11.7 Å². The van der Waals surface area contributed by atoms with Gasteiger partial charge in [-0.15, -0.1) is 0 Å². The zero-order chi connectivity index (χ0) is 19.1. The second-order valence-electron chi connectivity index (χ2n) is 7.69. The normalized spacial score (nSPS) is 18.2. The lowest BCUT2D eigenvalue weighted by molar-refractivity contribution is 0.0373. The summed E-state index contributed by atoms with van der Waals surface area (Å²) in [6.07, 6.45) is 3.12. The predicted octanol–water partition coefficient (Wildman–Crippen LogP) is 3.43. The van der Waals surface area contributed by atoms with Gasteiger partial charge < -0.3 is 16.2 Å². The molecule has 0 bridgehead atoms. The molecule has 1 saturated heterocycles. The van der Waals surface area contributed by atoms with Crippen LogP contribution >= 0.6 is 0 Å². The lowest BCUT2D eigenvalue weighted by atomic mass is 9.89. The van der Waals surface area contributed by atoms with Crippen LogP contribution in [0.4, 0.5) is 5.69 Å². The summed E-state index contributed by atoms with van der Waals surface area (Å²) < 4.78 is 0. The van der Waals surface area contributed by atoms with Crippen molar-refractivity contribution >= 4 is 5.69 Å². The molecule has 0 amide bonds. The van der Waals surface area contributed by atoms with Crippen LogP contribution in [0.15, 0.2) is 54.6 Å². The molecule has 2 aromatic rings. The fourth-order valence-corrected chi connectivity index (χ4v) is 4.00. The quantitative estimate of drug-likeness (QED) is 0.669. The molecular formula is C23H33N3O. The number of anilines is 1. The monoisotopic (exact) mass is 367 g/mol. The highest BCUT2D eigenvalue weighted by molar-refractivity contribution is 5.45. The number of nitrogens with two attached hydrogens (primary N) is 1. The molecule has 4 heteroatoms. The SMILES string of the molecule is C[C@@H]([C@H](O)c1ccc(NCCN)cc1)N1CCC(Cc2ccccc2)CC1. The fraction of sp³-hybridized carbons (Fsp3) is 0.478. The number of hydrogen-bond acceptors (Lipinski definition) is 4. The van der Waals surface area contributed by atoms with Crippen LogP contribution in [-0.2, 0) is 6.42 Å². The van der Waals surface area contributed by atoms with Gasteiger partial charge in [0.25, 0.3) is 0 Å². The first kappa shape index (κ1) is 19.9. The Morgan fingerprint density at radius 3 is 2.37 bits per heavy atom. The van der Waals surface area contributed by atoms with E-state index >= 15 is 0 Å². The van der Waals surface area contributed by atoms with E-state index in [1.807, 2.05) is 24.3 Å². The molecule has 3 rings (SSSR count). The summed E-state index contributed by atoms with van der Waals surface area (Å²) in [6.45, 7) is 5.64. The molecule has 2 atom stereocenters. The molecule has 146 valence electrons. The number of aliphatic hydroxyl groups is 1. The van der Waals surface area contributed by atoms with Gasteiger partial charge in [0.05, 0.1) is 6.10 Å². The van der Waals surface area contributed by atoms with Gasteiger partial charge >= 0.3 is 0 Å². The fourth-order valence-electron chi connectivity index (χ4n) is 4.00. The van der Waals surface area contributed by atoms with E-state index in [1.54, 1.807) is 0 Å². The van der Waals surface area contributed by atoms with Gasteiger partial charge in [-0.1, -0.05) is 42.5 Å². The van der Waals surface area contributed by atoms with Gasteiger partial charge in [0.2, 0.25) is 0 Å². The van der Waals surface area contributed by atoms with Crippen LogP contribution in [0.25, 0.3) is 0 Å². The summed E-state index contributed by atoms with van der Waals surface area (Å²) in [5.41, 5.74) is 8.98. The van der Waals surface area contributed by atoms with Crippen molar-refractivity contribution in [3.05, 3.63) is 65.7 Å². The van der Waals surface area contributed by atoms with E-state index in [-0.39, 0.29) is 6.04 Å². The number of nitrogens with one attached hydrogen (secondary N) is 1. The summed E-state index contributed by atoms with van der Waals surface area (Å²) in [5, 5.41) is 14.1. The molecule has 27 heavy (non-hydrogen) atoms. The van der Waals surface area contributed by atoms with Gasteiger partial charge in [-0.2, -0.15) is 0 Å². The first-order chi connectivity index (χ1) is 13.2. The molecule has 1 aliphatic rings. The van der Waals surface area contributed by atoms with E-state index in [0.717, 1.165) is 36.8 Å². The minimum absolute atomic E-state index is 0.130. The summed E-state index contributed by atoms with van der Waals surface area (Å²) in [4.78, 5) is 2.44. The molecule has 2 aromatic carbocycles. The highest BCUT2D eigenvalue weighted by Gasteiger charge is 2.27. The van der Waals surface area contributed by atoms with E-state index in [0.29, 0.717) is 6.54 Å². The Morgan fingerprint density at radius 1 is 1.07 bits per heavy atom. The van der Waals surface area contributed by atoms with Crippen molar-refractivity contribution in [3.8, 4) is 0 Å². The molecule has 0 aliphatic carbocycles. The maximum atomic E-state index is 10.8. The third kappa shape index (κ3) is 5.55. The maximum absolute atomic E-state index is 10.8. The molecule has 0 radical (unpaired) electrons. The highest BCUT2D eigenvalue weighted by Crippen LogP contribution is 2.28. The van der Waals surface area contributed by atoms with Gasteiger partial charge in [-0.25, -0.2) is 0 Å². The van der Waals surface area contributed by atoms with E-state index in [4.69, 9.17) is 5.73 Å². The number of piperidine rings is 1. The van der Waals surface area contributed by atoms with Crippen LogP contribution in [0.5, 0.6) is 0 Å². The zero-order valence-electron chi connectivity index (χ0n) is 16.3. The van der Waals surface area contributed by atoms with Gasteiger partial charge in [-0.3, -0.25) is 4.90 Å². The zero-order valence-corrected chi connectivity index (χ0v) is 16.3. The number of rotatable bonds is 8. The third-order valence-electron chi connectivity index (χ3n) is 5.77. The number of nitrogens with zero attached hydrogens (tertiary/aromatic N) is 1. The van der Waals surface area contributed by atoms with Crippen molar-refractivity contribution < 1.29 is 5.11 Å². The van der Waals surface area contributed by atoms with Crippen LogP contribution in [0.2, 0.25) is 0 Å². The summed E-state index contributed by atoms with van der Waals surface area (Å²) >= 11 is 0. The average Bonchev–Trinajstić information content (AvgIpc) is 2.73. The Balaban J connectivity index is 1.50. The Bertz CT molecular complexity index is 666. The molecule has 0 spiro atoms. The molecular weight excluding hydrogens is 334 g/mol. The molecule has 4 N–H and O–H groups in total. The standard InChI is InChI=1S/C23H33N3O/c1-18(23(27)21-7-9-22(10-8-21)25-14-13-24)26-15-11-20(12-16-26)17-19-5-3-2-4-6-19/h2-10,18,20,23,25,27H,11-17,24H2,1H3/t18-,23-/m0/s1. The van der Waals surface area contributed by atoms with Crippen LogP contribution in [-0.4, -0.2) is 42.2 Å². The molecule has 1 fully saturated rings. The van der Waals surface area contributed by atoms with Gasteiger partial charge in [0.15, 0.2) is 0 Å². The summed E-state index contributed by atoms with van der Waals surface area (Å²) in [7, 11) is 0. The van der Waals surface area contributed by atoms with Gasteiger partial charge in [0.1, 0.15) is 0 Å². The number of aliphatic hydroxyl groups excluding tert-OH is 1. The molecule has 1 heterocycles. The molecule has 4 nitrogen and oxygen atoms in total. The minimum atomic E-state index is -0.459. The predicted molar refractivity (Wildman–Crippen MR) is 113 cm³/mol. The second-order valence-corrected chi connectivity index (χ2v) is 7.69. The molecule has 0 saturated carbocycles. The second kappa shape index (κ2) is 9.88. The smallest absolute Gasteiger partial charge is 0.0942 e. The van der Waals surface area contributed by atoms with E-state index in [1.165, 1.54) is 24.8 Å². The topological polar surface area (TPSA) is 61.5 Å². The van der Waals surface area contributed by atoms with E-state index < -0.39 is 6.10 Å². The van der Waals surface area contributed by atoms with Crippen LogP contribution in [0.1, 0.15) is 37.0 Å². The number of likely N-dealkylation sites (tertiary alicyclic amines) is 1. The van der Waals surface area contributed by atoms with Gasteiger partial charge in [-0.05, 0) is 68.5 Å². The van der Waals surface area contributed by atoms with Gasteiger partial charge in [0, 0.05) is 24.8 Å². The van der Waals surface area contributed by atoms with Crippen molar-refractivity contribution in [2.45, 2.75) is 38.3 Å². The molecule has 1 aliphatic heterocycles. The first-order valence-corrected chi connectivity index (χ1v) is 10.2. The lowest BCUT2D eigenvalue weighted by Crippen LogP contribution is -2.43. The third-order valence-corrected chi connectivity index (χ3v) is 5.77. The lowest BCUT2D eigenvalue weighted by Gasteiger charge is -2.38. The van der Waals surface area contributed by atoms with E-state index in [9.17, 15) is 5.11 Å². The molecule has 0 unspecified atom stereocenters.